The van der Waals surface area contributed by atoms with Gasteiger partial charge in [-0.25, -0.2) is 0 Å². The van der Waals surface area contributed by atoms with Crippen molar-refractivity contribution in [2.24, 2.45) is 7.05 Å². The van der Waals surface area contributed by atoms with E-state index in [-0.39, 0.29) is 11.9 Å². The number of carbonyl (C=O) groups is 1. The molecule has 1 aliphatic heterocycles. The smallest absolute Gasteiger partial charge is 0.272 e. The minimum Gasteiger partial charge on any atom is -0.380 e. The van der Waals surface area contributed by atoms with Crippen molar-refractivity contribution < 1.29 is 4.79 Å². The van der Waals surface area contributed by atoms with Crippen molar-refractivity contribution in [2.75, 3.05) is 18.4 Å². The molecule has 2 aliphatic rings. The Morgan fingerprint density at radius 2 is 2.12 bits per heavy atom. The number of piperidine rings is 1. The molecule has 1 N–H and O–H groups in total. The van der Waals surface area contributed by atoms with Crippen LogP contribution in [-0.2, 0) is 19.9 Å². The molecule has 1 amide bonds. The number of halogens is 1. The largest absolute Gasteiger partial charge is 0.380 e. The number of aromatic nitrogens is 2. The molecule has 1 atom stereocenters. The number of amides is 1. The number of anilines is 1. The lowest BCUT2D eigenvalue weighted by Crippen LogP contribution is -2.45. The zero-order valence-corrected chi connectivity index (χ0v) is 16.8. The highest BCUT2D eigenvalue weighted by atomic mass is 79.9. The molecule has 0 spiro atoms. The highest BCUT2D eigenvalue weighted by molar-refractivity contribution is 9.10. The van der Waals surface area contributed by atoms with E-state index in [1.54, 1.807) is 0 Å². The fourth-order valence-corrected chi connectivity index (χ4v) is 4.59. The lowest BCUT2D eigenvalue weighted by molar-refractivity contribution is 0.0702. The zero-order chi connectivity index (χ0) is 18.1. The molecule has 1 fully saturated rings. The van der Waals surface area contributed by atoms with E-state index in [9.17, 15) is 4.79 Å². The molecule has 4 rings (SSSR count). The van der Waals surface area contributed by atoms with E-state index in [1.165, 1.54) is 12.0 Å². The van der Waals surface area contributed by atoms with Gasteiger partial charge in [-0.1, -0.05) is 22.0 Å². The van der Waals surface area contributed by atoms with Crippen LogP contribution in [0.4, 0.5) is 5.69 Å². The third-order valence-corrected chi connectivity index (χ3v) is 5.92. The molecule has 0 saturated carbocycles. The Balaban J connectivity index is 1.49. The van der Waals surface area contributed by atoms with Crippen molar-refractivity contribution in [1.29, 1.82) is 0 Å². The van der Waals surface area contributed by atoms with Gasteiger partial charge in [-0.05, 0) is 56.7 Å². The second-order valence-corrected chi connectivity index (χ2v) is 8.27. The van der Waals surface area contributed by atoms with Crippen LogP contribution in [0.15, 0.2) is 28.7 Å². The molecule has 6 heteroatoms. The highest BCUT2D eigenvalue weighted by Gasteiger charge is 2.30. The van der Waals surface area contributed by atoms with Crippen molar-refractivity contribution >= 4 is 27.5 Å². The van der Waals surface area contributed by atoms with Gasteiger partial charge in [-0.2, -0.15) is 5.10 Å². The van der Waals surface area contributed by atoms with E-state index < -0.39 is 0 Å². The summed E-state index contributed by atoms with van der Waals surface area (Å²) in [6, 6.07) is 8.49. The van der Waals surface area contributed by atoms with Crippen molar-refractivity contribution in [2.45, 2.75) is 44.6 Å². The maximum Gasteiger partial charge on any atom is 0.272 e. The summed E-state index contributed by atoms with van der Waals surface area (Å²) in [5.74, 6) is 0.142. The number of benzene rings is 1. The van der Waals surface area contributed by atoms with Crippen LogP contribution >= 0.6 is 15.9 Å². The van der Waals surface area contributed by atoms with E-state index in [4.69, 9.17) is 0 Å². The minimum absolute atomic E-state index is 0.142. The number of hydrogen-bond donors (Lipinski definition) is 1. The summed E-state index contributed by atoms with van der Waals surface area (Å²) in [7, 11) is 1.91. The Hall–Kier alpha value is -1.82. The molecule has 26 heavy (non-hydrogen) atoms. The number of nitrogens with zero attached hydrogens (tertiary/aromatic N) is 3. The zero-order valence-electron chi connectivity index (χ0n) is 15.2. The predicted molar refractivity (Wildman–Crippen MR) is 107 cm³/mol. The number of fused-ring (bicyclic) bond motifs is 1. The summed E-state index contributed by atoms with van der Waals surface area (Å²) in [6.45, 7) is 1.57. The normalized spacial score (nSPS) is 19.9. The third kappa shape index (κ3) is 3.52. The van der Waals surface area contributed by atoms with E-state index in [1.807, 2.05) is 28.8 Å². The van der Waals surface area contributed by atoms with E-state index >= 15 is 0 Å². The summed E-state index contributed by atoms with van der Waals surface area (Å²) < 4.78 is 2.87. The fourth-order valence-electron chi connectivity index (χ4n) is 4.19. The average Bonchev–Trinajstić information content (AvgIpc) is 2.97. The van der Waals surface area contributed by atoms with Gasteiger partial charge in [-0.15, -0.1) is 0 Å². The van der Waals surface area contributed by atoms with Crippen molar-refractivity contribution in [3.63, 3.8) is 0 Å². The Morgan fingerprint density at radius 3 is 2.96 bits per heavy atom. The fraction of sp³-hybridized carbons (Fsp3) is 0.500. The van der Waals surface area contributed by atoms with Crippen LogP contribution in [0, 0.1) is 0 Å². The van der Waals surface area contributed by atoms with E-state index in [0.29, 0.717) is 0 Å². The molecule has 138 valence electrons. The minimum atomic E-state index is 0.142. The summed E-state index contributed by atoms with van der Waals surface area (Å²) in [5.41, 5.74) is 4.22. The van der Waals surface area contributed by atoms with Crippen LogP contribution in [0.25, 0.3) is 0 Å². The molecule has 5 nitrogen and oxygen atoms in total. The number of nitrogens with one attached hydrogen (secondary N) is 1. The lowest BCUT2D eigenvalue weighted by Gasteiger charge is -2.34. The highest BCUT2D eigenvalue weighted by Crippen LogP contribution is 2.26. The van der Waals surface area contributed by atoms with Crippen LogP contribution in [-0.4, -0.2) is 39.7 Å². The van der Waals surface area contributed by atoms with Gasteiger partial charge in [0.1, 0.15) is 5.69 Å². The Morgan fingerprint density at radius 1 is 1.27 bits per heavy atom. The van der Waals surface area contributed by atoms with Crippen molar-refractivity contribution in [3.05, 3.63) is 45.7 Å². The second-order valence-electron chi connectivity index (χ2n) is 7.35. The molecular weight excluding hydrogens is 392 g/mol. The first-order chi connectivity index (χ1) is 12.6. The number of hydrogen-bond acceptors (Lipinski definition) is 3. The van der Waals surface area contributed by atoms with E-state index in [0.717, 1.165) is 66.7 Å². The molecule has 2 heterocycles. The van der Waals surface area contributed by atoms with Crippen LogP contribution in [0.5, 0.6) is 0 Å². The SMILES string of the molecule is Cn1nc2c(c1C(=O)N1CCCC(Nc3cccc(Br)c3)C1)CCCC2. The van der Waals surface area contributed by atoms with Gasteiger partial charge in [0, 0.05) is 41.9 Å². The molecule has 1 aromatic heterocycles. The molecule has 1 aliphatic carbocycles. The summed E-state index contributed by atoms with van der Waals surface area (Å²) in [4.78, 5) is 15.2. The van der Waals surface area contributed by atoms with Gasteiger partial charge in [0.25, 0.3) is 5.91 Å². The van der Waals surface area contributed by atoms with Crippen LogP contribution in [0.2, 0.25) is 0 Å². The Kier molecular flexibility index (Phi) is 5.02. The van der Waals surface area contributed by atoms with Crippen LogP contribution < -0.4 is 5.32 Å². The predicted octanol–water partition coefficient (Wildman–Crippen LogP) is 3.78. The average molecular weight is 417 g/mol. The summed E-state index contributed by atoms with van der Waals surface area (Å²) in [5, 5.41) is 8.19. The number of carbonyl (C=O) groups excluding carboxylic acids is 1. The van der Waals surface area contributed by atoms with Gasteiger partial charge in [0.05, 0.1) is 5.69 Å². The van der Waals surface area contributed by atoms with Gasteiger partial charge in [-0.3, -0.25) is 9.48 Å². The molecule has 0 radical (unpaired) electrons. The van der Waals surface area contributed by atoms with Crippen LogP contribution in [0.1, 0.15) is 47.4 Å². The van der Waals surface area contributed by atoms with Gasteiger partial charge in [0.15, 0.2) is 0 Å². The number of likely N-dealkylation sites (tertiary alicyclic amines) is 1. The van der Waals surface area contributed by atoms with E-state index in [2.05, 4.69) is 38.5 Å². The van der Waals surface area contributed by atoms with Crippen molar-refractivity contribution in [3.8, 4) is 0 Å². The van der Waals surface area contributed by atoms with Crippen LogP contribution in [0.3, 0.4) is 0 Å². The standard InChI is InChI=1S/C20H25BrN4O/c1-24-19(17-9-2-3-10-18(17)23-24)20(26)25-11-5-8-16(13-25)22-15-7-4-6-14(21)12-15/h4,6-7,12,16,22H,2-3,5,8-11,13H2,1H3. The maximum absolute atomic E-state index is 13.2. The Bertz CT molecular complexity index is 816. The molecule has 0 bridgehead atoms. The maximum atomic E-state index is 13.2. The van der Waals surface area contributed by atoms with Gasteiger partial charge >= 0.3 is 0 Å². The van der Waals surface area contributed by atoms with Gasteiger partial charge < -0.3 is 10.2 Å². The molecule has 1 unspecified atom stereocenters. The van der Waals surface area contributed by atoms with Gasteiger partial charge in [0.2, 0.25) is 0 Å². The molecule has 2 aromatic rings. The Labute approximate surface area is 162 Å². The first-order valence-corrected chi connectivity index (χ1v) is 10.3. The summed E-state index contributed by atoms with van der Waals surface area (Å²) in [6.07, 6.45) is 6.44. The topological polar surface area (TPSA) is 50.2 Å². The third-order valence-electron chi connectivity index (χ3n) is 5.43. The second kappa shape index (κ2) is 7.43. The molecular formula is C20H25BrN4O. The molecule has 1 aromatic carbocycles. The quantitative estimate of drug-likeness (QED) is 0.827. The molecule has 1 saturated heterocycles. The first-order valence-electron chi connectivity index (χ1n) is 9.48. The summed E-state index contributed by atoms with van der Waals surface area (Å²) >= 11 is 3.52. The number of rotatable bonds is 3. The van der Waals surface area contributed by atoms with Crippen molar-refractivity contribution in [1.82, 2.24) is 14.7 Å². The first kappa shape index (κ1) is 17.6. The number of aryl methyl sites for hydroxylation is 2. The monoisotopic (exact) mass is 416 g/mol. The lowest BCUT2D eigenvalue weighted by atomic mass is 9.95.